The van der Waals surface area contributed by atoms with Gasteiger partial charge in [-0.25, -0.2) is 0 Å². The van der Waals surface area contributed by atoms with Gasteiger partial charge in [0.25, 0.3) is 0 Å². The molecule has 1 atom stereocenters. The first kappa shape index (κ1) is 14.2. The van der Waals surface area contributed by atoms with Gasteiger partial charge in [-0.3, -0.25) is 0 Å². The Morgan fingerprint density at radius 2 is 1.89 bits per heavy atom. The zero-order valence-corrected chi connectivity index (χ0v) is 12.6. The van der Waals surface area contributed by atoms with Crippen LogP contribution in [0.1, 0.15) is 45.1 Å². The van der Waals surface area contributed by atoms with Crippen LogP contribution in [-0.2, 0) is 6.54 Å². The number of hydrogen-bond donors (Lipinski definition) is 1. The van der Waals surface area contributed by atoms with Gasteiger partial charge in [0, 0.05) is 28.2 Å². The molecule has 18 heavy (non-hydrogen) atoms. The highest BCUT2D eigenvalue weighted by Crippen LogP contribution is 2.36. The monoisotopic (exact) mass is 285 g/mol. The third kappa shape index (κ3) is 3.20. The minimum atomic E-state index is 0.367. The summed E-state index contributed by atoms with van der Waals surface area (Å²) in [5.41, 5.74) is 1.38. The predicted molar refractivity (Wildman–Crippen MR) is 79.3 cm³/mol. The van der Waals surface area contributed by atoms with Crippen LogP contribution in [0.2, 0.25) is 10.0 Å². The van der Waals surface area contributed by atoms with E-state index in [9.17, 15) is 0 Å². The van der Waals surface area contributed by atoms with Crippen molar-refractivity contribution in [3.8, 4) is 0 Å². The lowest BCUT2D eigenvalue weighted by Crippen LogP contribution is -2.43. The van der Waals surface area contributed by atoms with E-state index in [2.05, 4.69) is 19.2 Å². The molecule has 3 heteroatoms. The third-order valence-electron chi connectivity index (χ3n) is 4.09. The summed E-state index contributed by atoms with van der Waals surface area (Å²) in [6.45, 7) is 5.45. The van der Waals surface area contributed by atoms with E-state index in [4.69, 9.17) is 23.2 Å². The molecule has 1 unspecified atom stereocenters. The SMILES string of the molecule is CC1(C)CCCCC1NCc1c(Cl)cccc1Cl. The zero-order chi connectivity index (χ0) is 13.2. The van der Waals surface area contributed by atoms with Gasteiger partial charge >= 0.3 is 0 Å². The minimum Gasteiger partial charge on any atom is -0.309 e. The second-order valence-electron chi connectivity index (χ2n) is 5.87. The quantitative estimate of drug-likeness (QED) is 0.819. The van der Waals surface area contributed by atoms with E-state index < -0.39 is 0 Å². The van der Waals surface area contributed by atoms with Gasteiger partial charge in [-0.2, -0.15) is 0 Å². The summed E-state index contributed by atoms with van der Waals surface area (Å²) in [7, 11) is 0. The van der Waals surface area contributed by atoms with Crippen LogP contribution in [0.25, 0.3) is 0 Å². The maximum atomic E-state index is 6.19. The van der Waals surface area contributed by atoms with Gasteiger partial charge in [-0.05, 0) is 30.4 Å². The molecule has 1 N–H and O–H groups in total. The summed E-state index contributed by atoms with van der Waals surface area (Å²) in [6, 6.07) is 6.24. The van der Waals surface area contributed by atoms with E-state index in [1.54, 1.807) is 0 Å². The van der Waals surface area contributed by atoms with Crippen molar-refractivity contribution in [2.45, 2.75) is 52.1 Å². The van der Waals surface area contributed by atoms with Crippen LogP contribution in [0, 0.1) is 5.41 Å². The van der Waals surface area contributed by atoms with Crippen molar-refractivity contribution in [2.75, 3.05) is 0 Å². The van der Waals surface area contributed by atoms with Crippen LogP contribution >= 0.6 is 23.2 Å². The Kier molecular flexibility index (Phi) is 4.58. The average Bonchev–Trinajstić information content (AvgIpc) is 2.30. The summed E-state index contributed by atoms with van der Waals surface area (Å²) in [5.74, 6) is 0. The topological polar surface area (TPSA) is 12.0 Å². The van der Waals surface area contributed by atoms with Crippen molar-refractivity contribution in [1.29, 1.82) is 0 Å². The van der Waals surface area contributed by atoms with Crippen LogP contribution in [0.5, 0.6) is 0 Å². The van der Waals surface area contributed by atoms with E-state index in [0.29, 0.717) is 11.5 Å². The van der Waals surface area contributed by atoms with Crippen LogP contribution in [0.3, 0.4) is 0 Å². The maximum Gasteiger partial charge on any atom is 0.0465 e. The molecule has 1 nitrogen and oxygen atoms in total. The second-order valence-corrected chi connectivity index (χ2v) is 6.68. The minimum absolute atomic E-state index is 0.367. The highest BCUT2D eigenvalue weighted by molar-refractivity contribution is 6.35. The molecule has 0 radical (unpaired) electrons. The molecule has 2 rings (SSSR count). The fourth-order valence-corrected chi connectivity index (χ4v) is 3.33. The summed E-state index contributed by atoms with van der Waals surface area (Å²) in [6.07, 6.45) is 5.20. The first-order valence-electron chi connectivity index (χ1n) is 6.67. The Morgan fingerprint density at radius 1 is 1.22 bits per heavy atom. The molecule has 0 aromatic heterocycles. The fourth-order valence-electron chi connectivity index (χ4n) is 2.80. The van der Waals surface area contributed by atoms with Crippen LogP contribution in [-0.4, -0.2) is 6.04 Å². The molecule has 0 aliphatic heterocycles. The number of rotatable bonds is 3. The van der Waals surface area contributed by atoms with Gasteiger partial charge in [-0.1, -0.05) is 56.0 Å². The van der Waals surface area contributed by atoms with E-state index in [1.165, 1.54) is 25.7 Å². The molecule has 0 heterocycles. The Balaban J connectivity index is 2.03. The molecule has 1 saturated carbocycles. The first-order chi connectivity index (χ1) is 8.50. The van der Waals surface area contributed by atoms with Gasteiger partial charge in [0.1, 0.15) is 0 Å². The van der Waals surface area contributed by atoms with Crippen LogP contribution in [0.4, 0.5) is 0 Å². The summed E-state index contributed by atoms with van der Waals surface area (Å²) < 4.78 is 0. The van der Waals surface area contributed by atoms with Crippen LogP contribution in [0.15, 0.2) is 18.2 Å². The molecular formula is C15H21Cl2N. The number of hydrogen-bond acceptors (Lipinski definition) is 1. The summed E-state index contributed by atoms with van der Waals surface area (Å²) >= 11 is 12.4. The van der Waals surface area contributed by atoms with Gasteiger partial charge in [0.2, 0.25) is 0 Å². The maximum absolute atomic E-state index is 6.19. The standard InChI is InChI=1S/C15H21Cl2N/c1-15(2)9-4-3-8-14(15)18-10-11-12(16)6-5-7-13(11)17/h5-7,14,18H,3-4,8-10H2,1-2H3. The molecule has 1 aromatic rings. The fraction of sp³-hybridized carbons (Fsp3) is 0.600. The van der Waals surface area contributed by atoms with Gasteiger partial charge < -0.3 is 5.32 Å². The molecular weight excluding hydrogens is 265 g/mol. The van der Waals surface area contributed by atoms with Gasteiger partial charge in [0.15, 0.2) is 0 Å². The predicted octanol–water partition coefficient (Wildman–Crippen LogP) is 5.05. The molecule has 1 aliphatic rings. The zero-order valence-electron chi connectivity index (χ0n) is 11.1. The lowest BCUT2D eigenvalue weighted by Gasteiger charge is -2.39. The Bertz CT molecular complexity index is 395. The largest absolute Gasteiger partial charge is 0.309 e. The lowest BCUT2D eigenvalue weighted by molar-refractivity contribution is 0.167. The van der Waals surface area contributed by atoms with Crippen molar-refractivity contribution < 1.29 is 0 Å². The molecule has 100 valence electrons. The molecule has 0 spiro atoms. The van der Waals surface area contributed by atoms with Crippen molar-refractivity contribution in [3.63, 3.8) is 0 Å². The van der Waals surface area contributed by atoms with Gasteiger partial charge in [-0.15, -0.1) is 0 Å². The normalized spacial score (nSPS) is 23.0. The number of nitrogens with one attached hydrogen (secondary N) is 1. The molecule has 1 fully saturated rings. The lowest BCUT2D eigenvalue weighted by atomic mass is 9.73. The van der Waals surface area contributed by atoms with Crippen molar-refractivity contribution in [2.24, 2.45) is 5.41 Å². The molecule has 0 amide bonds. The Morgan fingerprint density at radius 3 is 2.50 bits per heavy atom. The summed E-state index contributed by atoms with van der Waals surface area (Å²) in [5, 5.41) is 5.15. The van der Waals surface area contributed by atoms with Crippen molar-refractivity contribution in [1.82, 2.24) is 5.32 Å². The number of halogens is 2. The Labute approximate surface area is 120 Å². The number of benzene rings is 1. The molecule has 0 bridgehead atoms. The highest BCUT2D eigenvalue weighted by Gasteiger charge is 2.31. The average molecular weight is 286 g/mol. The Hall–Kier alpha value is -0.240. The van der Waals surface area contributed by atoms with E-state index in [1.807, 2.05) is 18.2 Å². The summed E-state index contributed by atoms with van der Waals surface area (Å²) in [4.78, 5) is 0. The third-order valence-corrected chi connectivity index (χ3v) is 4.80. The molecule has 1 aromatic carbocycles. The highest BCUT2D eigenvalue weighted by atomic mass is 35.5. The molecule has 1 aliphatic carbocycles. The van der Waals surface area contributed by atoms with Crippen molar-refractivity contribution in [3.05, 3.63) is 33.8 Å². The second kappa shape index (κ2) is 5.81. The van der Waals surface area contributed by atoms with E-state index in [0.717, 1.165) is 22.2 Å². The molecule has 0 saturated heterocycles. The van der Waals surface area contributed by atoms with E-state index >= 15 is 0 Å². The first-order valence-corrected chi connectivity index (χ1v) is 7.42. The van der Waals surface area contributed by atoms with Crippen molar-refractivity contribution >= 4 is 23.2 Å². The van der Waals surface area contributed by atoms with Crippen LogP contribution < -0.4 is 5.32 Å². The smallest absolute Gasteiger partial charge is 0.0465 e. The van der Waals surface area contributed by atoms with E-state index in [-0.39, 0.29) is 0 Å². The van der Waals surface area contributed by atoms with Gasteiger partial charge in [0.05, 0.1) is 0 Å².